The molecule has 34 heavy (non-hydrogen) atoms. The van der Waals surface area contributed by atoms with Crippen molar-refractivity contribution in [3.8, 4) is 0 Å². The molecular weight excluding hydrogens is 424 g/mol. The van der Waals surface area contributed by atoms with Gasteiger partial charge in [-0.05, 0) is 81.1 Å². The molecule has 3 aromatic rings. The van der Waals surface area contributed by atoms with E-state index >= 15 is 0 Å². The summed E-state index contributed by atoms with van der Waals surface area (Å²) in [4.78, 5) is 35.3. The van der Waals surface area contributed by atoms with E-state index in [9.17, 15) is 9.59 Å². The molecule has 4 bridgehead atoms. The minimum absolute atomic E-state index is 0.00846. The van der Waals surface area contributed by atoms with Gasteiger partial charge in [0.1, 0.15) is 11.3 Å². The van der Waals surface area contributed by atoms with Crippen LogP contribution in [-0.2, 0) is 24.9 Å². The van der Waals surface area contributed by atoms with Crippen LogP contribution >= 0.6 is 0 Å². The van der Waals surface area contributed by atoms with Gasteiger partial charge in [0.05, 0.1) is 0 Å². The zero-order valence-corrected chi connectivity index (χ0v) is 20.6. The minimum Gasteiger partial charge on any atom is -0.336 e. The fourth-order valence-corrected chi connectivity index (χ4v) is 8.06. The number of nitrogens with one attached hydrogen (secondary N) is 1. The molecule has 1 N–H and O–H groups in total. The Labute approximate surface area is 200 Å². The summed E-state index contributed by atoms with van der Waals surface area (Å²) in [6.07, 6.45) is 7.68. The molecule has 4 aliphatic rings. The van der Waals surface area contributed by atoms with Gasteiger partial charge in [-0.25, -0.2) is 9.78 Å². The monoisotopic (exact) mass is 460 g/mol. The van der Waals surface area contributed by atoms with Gasteiger partial charge in [-0.2, -0.15) is 0 Å². The van der Waals surface area contributed by atoms with Gasteiger partial charge in [0.15, 0.2) is 5.65 Å². The summed E-state index contributed by atoms with van der Waals surface area (Å²) in [6.45, 7) is 7.26. The lowest BCUT2D eigenvalue weighted by Gasteiger charge is -2.40. The van der Waals surface area contributed by atoms with Gasteiger partial charge in [0, 0.05) is 18.5 Å². The SMILES string of the molecule is CCCn1c(=O)c2[nH]c(C34CC5CC(CC3C5)C4Cc3cccc(C)c3)nc2n(CCC)c1=O. The van der Waals surface area contributed by atoms with E-state index in [-0.39, 0.29) is 16.7 Å². The average molecular weight is 461 g/mol. The smallest absolute Gasteiger partial charge is 0.332 e. The Morgan fingerprint density at radius 1 is 1.09 bits per heavy atom. The van der Waals surface area contributed by atoms with E-state index in [0.717, 1.165) is 43.3 Å². The number of benzene rings is 1. The molecule has 0 radical (unpaired) electrons. The van der Waals surface area contributed by atoms with Crippen LogP contribution in [0.4, 0.5) is 0 Å². The molecule has 0 aliphatic heterocycles. The number of nitrogens with zero attached hydrogens (tertiary/aromatic N) is 3. The van der Waals surface area contributed by atoms with Crippen LogP contribution in [0.2, 0.25) is 0 Å². The Morgan fingerprint density at radius 3 is 2.65 bits per heavy atom. The van der Waals surface area contributed by atoms with Gasteiger partial charge in [0.25, 0.3) is 5.56 Å². The van der Waals surface area contributed by atoms with Crippen molar-refractivity contribution in [2.45, 2.75) is 84.2 Å². The molecule has 4 fully saturated rings. The molecule has 1 aromatic carbocycles. The fourth-order valence-electron chi connectivity index (χ4n) is 8.06. The van der Waals surface area contributed by atoms with Crippen molar-refractivity contribution in [1.29, 1.82) is 0 Å². The molecule has 0 saturated heterocycles. The Hall–Kier alpha value is -2.63. The van der Waals surface area contributed by atoms with Crippen LogP contribution in [0.15, 0.2) is 33.9 Å². The number of hydrogen-bond donors (Lipinski definition) is 1. The summed E-state index contributed by atoms with van der Waals surface area (Å²) >= 11 is 0. The predicted molar refractivity (Wildman–Crippen MR) is 134 cm³/mol. The number of aryl methyl sites for hydroxylation is 2. The third-order valence-corrected chi connectivity index (χ3v) is 9.16. The molecule has 2 heterocycles. The van der Waals surface area contributed by atoms with Crippen molar-refractivity contribution in [2.24, 2.45) is 23.7 Å². The Balaban J connectivity index is 1.52. The van der Waals surface area contributed by atoms with Gasteiger partial charge in [-0.15, -0.1) is 0 Å². The highest BCUT2D eigenvalue weighted by molar-refractivity contribution is 5.70. The van der Waals surface area contributed by atoms with Crippen LogP contribution in [0, 0.1) is 30.6 Å². The summed E-state index contributed by atoms with van der Waals surface area (Å²) < 4.78 is 3.14. The lowest BCUT2D eigenvalue weighted by atomic mass is 9.64. The Morgan fingerprint density at radius 2 is 1.88 bits per heavy atom. The van der Waals surface area contributed by atoms with Crippen LogP contribution in [0.25, 0.3) is 11.2 Å². The van der Waals surface area contributed by atoms with Crippen molar-refractivity contribution < 1.29 is 0 Å². The van der Waals surface area contributed by atoms with E-state index in [4.69, 9.17) is 4.98 Å². The second kappa shape index (κ2) is 7.96. The summed E-state index contributed by atoms with van der Waals surface area (Å²) in [5.74, 6) is 3.62. The molecule has 6 heteroatoms. The second-order valence-electron chi connectivity index (χ2n) is 11.2. The predicted octanol–water partition coefficient (Wildman–Crippen LogP) is 4.56. The van der Waals surface area contributed by atoms with Crippen LogP contribution in [0.5, 0.6) is 0 Å². The van der Waals surface area contributed by atoms with E-state index in [1.807, 2.05) is 6.92 Å². The third kappa shape index (κ3) is 3.03. The first-order valence-corrected chi connectivity index (χ1v) is 13.3. The maximum Gasteiger partial charge on any atom is 0.332 e. The molecule has 7 rings (SSSR count). The molecule has 0 spiro atoms. The van der Waals surface area contributed by atoms with Crippen molar-refractivity contribution in [3.63, 3.8) is 0 Å². The van der Waals surface area contributed by atoms with E-state index in [1.54, 1.807) is 4.57 Å². The number of H-pyrrole nitrogens is 1. The lowest BCUT2D eigenvalue weighted by molar-refractivity contribution is 0.161. The molecular formula is C28H36N4O2. The van der Waals surface area contributed by atoms with E-state index in [0.29, 0.717) is 36.1 Å². The van der Waals surface area contributed by atoms with Crippen LogP contribution in [-0.4, -0.2) is 19.1 Å². The Kier molecular flexibility index (Phi) is 5.12. The summed E-state index contributed by atoms with van der Waals surface area (Å²) in [6, 6.07) is 8.93. The molecule has 180 valence electrons. The quantitative estimate of drug-likeness (QED) is 0.562. The topological polar surface area (TPSA) is 72.7 Å². The molecule has 5 atom stereocenters. The van der Waals surface area contributed by atoms with Crippen molar-refractivity contribution in [2.75, 3.05) is 0 Å². The highest BCUT2D eigenvalue weighted by atomic mass is 16.2. The maximum absolute atomic E-state index is 13.4. The third-order valence-electron chi connectivity index (χ3n) is 9.16. The number of hydrogen-bond acceptors (Lipinski definition) is 3. The zero-order valence-electron chi connectivity index (χ0n) is 20.6. The fraction of sp³-hybridized carbons (Fsp3) is 0.607. The Bertz CT molecular complexity index is 1360. The second-order valence-corrected chi connectivity index (χ2v) is 11.2. The normalized spacial score (nSPS) is 29.5. The molecule has 5 unspecified atom stereocenters. The number of rotatable bonds is 7. The summed E-state index contributed by atoms with van der Waals surface area (Å²) in [5.41, 5.74) is 3.36. The number of aromatic amines is 1. The van der Waals surface area contributed by atoms with Crippen LogP contribution in [0.1, 0.15) is 69.3 Å². The maximum atomic E-state index is 13.4. The van der Waals surface area contributed by atoms with Gasteiger partial charge >= 0.3 is 5.69 Å². The summed E-state index contributed by atoms with van der Waals surface area (Å²) in [5, 5.41) is 0. The van der Waals surface area contributed by atoms with Crippen molar-refractivity contribution >= 4 is 11.2 Å². The van der Waals surface area contributed by atoms with Crippen molar-refractivity contribution in [1.82, 2.24) is 19.1 Å². The number of imidazole rings is 1. The number of aromatic nitrogens is 4. The average Bonchev–Trinajstić information content (AvgIpc) is 3.43. The minimum atomic E-state index is -0.217. The first-order valence-electron chi connectivity index (χ1n) is 13.3. The standard InChI is InChI=1S/C28H36N4O2/c1-4-9-31-24-23(25(33)32(10-5-2)27(31)34)29-26(30-24)28-16-19-12-20(15-21(28)13-19)22(28)14-18-8-6-7-17(3)11-18/h6-8,11,19-22H,4-5,9-10,12-16H2,1-3H3,(H,29,30). The van der Waals surface area contributed by atoms with E-state index < -0.39 is 0 Å². The van der Waals surface area contributed by atoms with Gasteiger partial charge in [0.2, 0.25) is 0 Å². The van der Waals surface area contributed by atoms with E-state index in [1.165, 1.54) is 35.0 Å². The van der Waals surface area contributed by atoms with Gasteiger partial charge in [-0.3, -0.25) is 13.9 Å². The molecule has 4 saturated carbocycles. The first-order chi connectivity index (χ1) is 16.5. The van der Waals surface area contributed by atoms with Crippen LogP contribution in [0.3, 0.4) is 0 Å². The lowest BCUT2D eigenvalue weighted by Crippen LogP contribution is -2.40. The summed E-state index contributed by atoms with van der Waals surface area (Å²) in [7, 11) is 0. The van der Waals surface area contributed by atoms with Gasteiger partial charge < -0.3 is 4.98 Å². The molecule has 0 amide bonds. The van der Waals surface area contributed by atoms with E-state index in [2.05, 4.69) is 43.1 Å². The zero-order chi connectivity index (χ0) is 23.6. The van der Waals surface area contributed by atoms with Crippen molar-refractivity contribution in [3.05, 3.63) is 62.1 Å². The van der Waals surface area contributed by atoms with Crippen LogP contribution < -0.4 is 11.2 Å². The van der Waals surface area contributed by atoms with Gasteiger partial charge in [-0.1, -0.05) is 43.7 Å². The molecule has 4 aliphatic carbocycles. The molecule has 2 aromatic heterocycles. The first kappa shape index (κ1) is 21.9. The largest absolute Gasteiger partial charge is 0.336 e. The highest BCUT2D eigenvalue weighted by Gasteiger charge is 2.65. The highest BCUT2D eigenvalue weighted by Crippen LogP contribution is 2.68. The molecule has 6 nitrogen and oxygen atoms in total. The number of fused-ring (bicyclic) bond motifs is 1.